The first-order valence-electron chi connectivity index (χ1n) is 10.8. The van der Waals surface area contributed by atoms with Crippen molar-refractivity contribution in [3.8, 4) is 5.69 Å². The molecule has 5 nitrogen and oxygen atoms in total. The summed E-state index contributed by atoms with van der Waals surface area (Å²) in [5, 5.41) is 3.15. The molecule has 4 rings (SSSR count). The molecule has 3 aromatic rings. The van der Waals surface area contributed by atoms with E-state index in [1.807, 2.05) is 19.9 Å². The molecule has 2 aromatic carbocycles. The Bertz CT molecular complexity index is 1210. The first kappa shape index (κ1) is 21.9. The molecule has 1 N–H and O–H groups in total. The van der Waals surface area contributed by atoms with E-state index in [0.29, 0.717) is 10.7 Å². The van der Waals surface area contributed by atoms with E-state index in [9.17, 15) is 9.59 Å². The van der Waals surface area contributed by atoms with Crippen LogP contribution < -0.4 is 10.2 Å². The second kappa shape index (κ2) is 9.05. The Hall–Kier alpha value is -3.31. The monoisotopic (exact) mass is 447 g/mol. The standard InChI is InChI=1S/C26H26ClN3O2/c1-4-5-7-19-10-12-22(13-11-19)29-17(2)14-20(18(29)3)15-24-25(31)30(26(32)28-24)23-9-6-8-21(27)16-23/h6,8-16H,4-5,7H2,1-3H3,(H,28,32)/b24-15+. The maximum atomic E-state index is 13.0. The van der Waals surface area contributed by atoms with Crippen LogP contribution in [0.15, 0.2) is 60.3 Å². The Morgan fingerprint density at radius 2 is 1.75 bits per heavy atom. The maximum Gasteiger partial charge on any atom is 0.333 e. The first-order valence-corrected chi connectivity index (χ1v) is 11.2. The molecule has 164 valence electrons. The Morgan fingerprint density at radius 3 is 2.44 bits per heavy atom. The van der Waals surface area contributed by atoms with Gasteiger partial charge in [0, 0.05) is 22.1 Å². The number of hydrogen-bond acceptors (Lipinski definition) is 2. The summed E-state index contributed by atoms with van der Waals surface area (Å²) in [6.07, 6.45) is 5.19. The van der Waals surface area contributed by atoms with E-state index < -0.39 is 11.9 Å². The number of imide groups is 1. The van der Waals surface area contributed by atoms with Crippen molar-refractivity contribution in [3.63, 3.8) is 0 Å². The molecule has 0 unspecified atom stereocenters. The van der Waals surface area contributed by atoms with Crippen LogP contribution in [0.3, 0.4) is 0 Å². The lowest BCUT2D eigenvalue weighted by atomic mass is 10.1. The zero-order valence-corrected chi connectivity index (χ0v) is 19.2. The third-order valence-corrected chi connectivity index (χ3v) is 5.96. The van der Waals surface area contributed by atoms with Crippen LogP contribution in [-0.4, -0.2) is 16.5 Å². The second-order valence-electron chi connectivity index (χ2n) is 8.04. The number of nitrogens with zero attached hydrogens (tertiary/aromatic N) is 2. The van der Waals surface area contributed by atoms with Crippen LogP contribution in [0.1, 0.15) is 42.3 Å². The van der Waals surface area contributed by atoms with Crippen LogP contribution in [0.25, 0.3) is 11.8 Å². The lowest BCUT2D eigenvalue weighted by Gasteiger charge is -2.11. The summed E-state index contributed by atoms with van der Waals surface area (Å²) in [6, 6.07) is 16.8. The van der Waals surface area contributed by atoms with Crippen LogP contribution in [-0.2, 0) is 11.2 Å². The number of benzene rings is 2. The summed E-state index contributed by atoms with van der Waals surface area (Å²) in [5.74, 6) is -0.401. The van der Waals surface area contributed by atoms with Gasteiger partial charge in [0.05, 0.1) is 5.69 Å². The molecule has 32 heavy (non-hydrogen) atoms. The van der Waals surface area contributed by atoms with E-state index in [0.717, 1.165) is 34.0 Å². The number of nitrogens with one attached hydrogen (secondary N) is 1. The fraction of sp³-hybridized carbons (Fsp3) is 0.231. The minimum Gasteiger partial charge on any atom is -0.318 e. The summed E-state index contributed by atoms with van der Waals surface area (Å²) in [5.41, 5.74) is 6.03. The molecule has 0 spiro atoms. The minimum absolute atomic E-state index is 0.241. The summed E-state index contributed by atoms with van der Waals surface area (Å²) in [6.45, 7) is 6.25. The predicted molar refractivity (Wildman–Crippen MR) is 129 cm³/mol. The van der Waals surface area contributed by atoms with Crippen molar-refractivity contribution in [3.05, 3.63) is 87.8 Å². The normalized spacial score (nSPS) is 15.0. The first-order chi connectivity index (χ1) is 15.4. The molecule has 0 aliphatic carbocycles. The largest absolute Gasteiger partial charge is 0.333 e. The molecule has 1 aromatic heterocycles. The van der Waals surface area contributed by atoms with E-state index >= 15 is 0 Å². The number of rotatable bonds is 6. The number of unbranched alkanes of at least 4 members (excludes halogenated alkanes) is 1. The number of carbonyl (C=O) groups is 2. The summed E-state index contributed by atoms with van der Waals surface area (Å²) in [7, 11) is 0. The Labute approximate surface area is 193 Å². The van der Waals surface area contributed by atoms with Crippen molar-refractivity contribution >= 4 is 35.3 Å². The van der Waals surface area contributed by atoms with Gasteiger partial charge in [-0.2, -0.15) is 0 Å². The number of halogens is 1. The smallest absolute Gasteiger partial charge is 0.318 e. The van der Waals surface area contributed by atoms with Gasteiger partial charge in [0.2, 0.25) is 0 Å². The average molecular weight is 448 g/mol. The quantitative estimate of drug-likeness (QED) is 0.362. The fourth-order valence-electron chi connectivity index (χ4n) is 4.06. The van der Waals surface area contributed by atoms with Gasteiger partial charge in [0.15, 0.2) is 0 Å². The number of urea groups is 1. The lowest BCUT2D eigenvalue weighted by molar-refractivity contribution is -0.113. The molecule has 1 aliphatic heterocycles. The Kier molecular flexibility index (Phi) is 6.19. The van der Waals surface area contributed by atoms with Crippen molar-refractivity contribution in [2.24, 2.45) is 0 Å². The van der Waals surface area contributed by atoms with E-state index in [1.54, 1.807) is 30.3 Å². The highest BCUT2D eigenvalue weighted by molar-refractivity contribution is 6.32. The van der Waals surface area contributed by atoms with Gasteiger partial charge in [0.1, 0.15) is 5.70 Å². The number of anilines is 1. The van der Waals surface area contributed by atoms with Crippen LogP contribution >= 0.6 is 11.6 Å². The summed E-state index contributed by atoms with van der Waals surface area (Å²) in [4.78, 5) is 26.5. The van der Waals surface area contributed by atoms with Crippen LogP contribution in [0.5, 0.6) is 0 Å². The summed E-state index contributed by atoms with van der Waals surface area (Å²) < 4.78 is 2.16. The Morgan fingerprint density at radius 1 is 1.00 bits per heavy atom. The van der Waals surface area contributed by atoms with Gasteiger partial charge < -0.3 is 9.88 Å². The lowest BCUT2D eigenvalue weighted by Crippen LogP contribution is -2.30. The van der Waals surface area contributed by atoms with Gasteiger partial charge in [-0.25, -0.2) is 9.69 Å². The van der Waals surface area contributed by atoms with Crippen LogP contribution in [0.4, 0.5) is 10.5 Å². The van der Waals surface area contributed by atoms with E-state index in [4.69, 9.17) is 11.6 Å². The predicted octanol–water partition coefficient (Wildman–Crippen LogP) is 6.19. The van der Waals surface area contributed by atoms with Crippen molar-refractivity contribution < 1.29 is 9.59 Å². The van der Waals surface area contributed by atoms with Gasteiger partial charge in [-0.3, -0.25) is 4.79 Å². The van der Waals surface area contributed by atoms with Gasteiger partial charge >= 0.3 is 6.03 Å². The molecule has 0 atom stereocenters. The number of aromatic nitrogens is 1. The fourth-order valence-corrected chi connectivity index (χ4v) is 4.25. The molecule has 3 amide bonds. The highest BCUT2D eigenvalue weighted by Gasteiger charge is 2.35. The van der Waals surface area contributed by atoms with Gasteiger partial charge in [-0.1, -0.05) is 43.1 Å². The third-order valence-electron chi connectivity index (χ3n) is 5.73. The topological polar surface area (TPSA) is 54.3 Å². The number of hydrogen-bond donors (Lipinski definition) is 1. The third kappa shape index (κ3) is 4.21. The number of carbonyl (C=O) groups excluding carboxylic acids is 2. The molecule has 0 saturated carbocycles. The van der Waals surface area contributed by atoms with E-state index in [2.05, 4.69) is 41.1 Å². The molecule has 6 heteroatoms. The van der Waals surface area contributed by atoms with Gasteiger partial charge in [-0.05, 0) is 80.3 Å². The molecule has 1 saturated heterocycles. The van der Waals surface area contributed by atoms with Crippen molar-refractivity contribution in [1.82, 2.24) is 9.88 Å². The SMILES string of the molecule is CCCCc1ccc(-n2c(C)cc(/C=C3/NC(=O)N(c4cccc(Cl)c4)C3=O)c2C)cc1. The molecule has 1 fully saturated rings. The molecular weight excluding hydrogens is 422 g/mol. The molecule has 0 radical (unpaired) electrons. The van der Waals surface area contributed by atoms with Crippen molar-refractivity contribution in [1.29, 1.82) is 0 Å². The van der Waals surface area contributed by atoms with Crippen LogP contribution in [0, 0.1) is 13.8 Å². The molecule has 2 heterocycles. The Balaban J connectivity index is 1.63. The highest BCUT2D eigenvalue weighted by atomic mass is 35.5. The van der Waals surface area contributed by atoms with Gasteiger partial charge in [0.25, 0.3) is 5.91 Å². The second-order valence-corrected chi connectivity index (χ2v) is 8.48. The van der Waals surface area contributed by atoms with Crippen molar-refractivity contribution in [2.75, 3.05) is 4.90 Å². The molecule has 1 aliphatic rings. The minimum atomic E-state index is -0.486. The maximum absolute atomic E-state index is 13.0. The molecule has 0 bridgehead atoms. The highest BCUT2D eigenvalue weighted by Crippen LogP contribution is 2.27. The van der Waals surface area contributed by atoms with Gasteiger partial charge in [-0.15, -0.1) is 0 Å². The average Bonchev–Trinajstić information content (AvgIpc) is 3.21. The summed E-state index contributed by atoms with van der Waals surface area (Å²) >= 11 is 6.03. The number of amides is 3. The number of aryl methyl sites for hydroxylation is 2. The molecular formula is C26H26ClN3O2. The van der Waals surface area contributed by atoms with Crippen LogP contribution in [0.2, 0.25) is 5.02 Å². The van der Waals surface area contributed by atoms with Crippen molar-refractivity contribution in [2.45, 2.75) is 40.0 Å². The van der Waals surface area contributed by atoms with E-state index in [-0.39, 0.29) is 5.70 Å². The zero-order chi connectivity index (χ0) is 22.8. The zero-order valence-electron chi connectivity index (χ0n) is 18.5. The van der Waals surface area contributed by atoms with E-state index in [1.165, 1.54) is 18.4 Å².